The van der Waals surface area contributed by atoms with Crippen molar-refractivity contribution in [3.63, 3.8) is 0 Å². The van der Waals surface area contributed by atoms with Crippen LogP contribution in [0.25, 0.3) is 11.5 Å². The van der Waals surface area contributed by atoms with E-state index in [0.29, 0.717) is 13.1 Å². The number of fused-ring (bicyclic) bond motifs is 1. The highest BCUT2D eigenvalue weighted by molar-refractivity contribution is 5.94. The fourth-order valence-corrected chi connectivity index (χ4v) is 4.10. The minimum Gasteiger partial charge on any atom is -0.328 e. The van der Waals surface area contributed by atoms with Gasteiger partial charge in [0.05, 0.1) is 30.0 Å². The van der Waals surface area contributed by atoms with Crippen LogP contribution in [0.4, 0.5) is 4.39 Å². The van der Waals surface area contributed by atoms with Crippen molar-refractivity contribution in [2.75, 3.05) is 0 Å². The molecule has 150 valence electrons. The molecule has 0 saturated heterocycles. The van der Waals surface area contributed by atoms with E-state index in [-0.39, 0.29) is 11.5 Å². The van der Waals surface area contributed by atoms with Crippen molar-refractivity contribution in [2.45, 2.75) is 26.9 Å². The Balaban J connectivity index is 1.58. The molecule has 0 atom stereocenters. The van der Waals surface area contributed by atoms with E-state index in [9.17, 15) is 9.18 Å². The summed E-state index contributed by atoms with van der Waals surface area (Å²) in [6.45, 7) is 4.89. The van der Waals surface area contributed by atoms with Gasteiger partial charge in [-0.2, -0.15) is 5.10 Å². The second kappa shape index (κ2) is 6.99. The van der Waals surface area contributed by atoms with Crippen molar-refractivity contribution in [3.05, 3.63) is 101 Å². The van der Waals surface area contributed by atoms with E-state index in [1.807, 2.05) is 33.8 Å². The first-order valence-corrected chi connectivity index (χ1v) is 9.88. The molecule has 2 aromatic carbocycles. The summed E-state index contributed by atoms with van der Waals surface area (Å²) in [7, 11) is 0. The zero-order valence-electron chi connectivity index (χ0n) is 16.8. The lowest BCUT2D eigenvalue weighted by molar-refractivity contribution is 0.0744. The van der Waals surface area contributed by atoms with Crippen LogP contribution in [0.1, 0.15) is 32.7 Å². The van der Waals surface area contributed by atoms with E-state index >= 15 is 0 Å². The molecule has 5 nitrogen and oxygen atoms in total. The molecular weight excluding hydrogens is 379 g/mol. The Bertz CT molecular complexity index is 1260. The highest BCUT2D eigenvalue weighted by atomic mass is 19.1. The molecule has 1 aliphatic rings. The third-order valence-corrected chi connectivity index (χ3v) is 5.55. The Morgan fingerprint density at radius 2 is 1.77 bits per heavy atom. The molecule has 0 saturated carbocycles. The van der Waals surface area contributed by atoms with Crippen LogP contribution in [0.2, 0.25) is 0 Å². The highest BCUT2D eigenvalue weighted by Crippen LogP contribution is 2.32. The lowest BCUT2D eigenvalue weighted by atomic mass is 10.1. The third kappa shape index (κ3) is 2.92. The van der Waals surface area contributed by atoms with Crippen LogP contribution in [0.15, 0.2) is 67.0 Å². The normalized spacial score (nSPS) is 13.0. The first kappa shape index (κ1) is 18.4. The summed E-state index contributed by atoms with van der Waals surface area (Å²) in [6, 6.07) is 16.3. The lowest BCUT2D eigenvalue weighted by Gasteiger charge is -2.18. The number of aryl methyl sites for hydroxylation is 2. The first-order valence-electron chi connectivity index (χ1n) is 9.88. The molecule has 0 unspecified atom stereocenters. The molecule has 5 rings (SSSR count). The van der Waals surface area contributed by atoms with Crippen LogP contribution >= 0.6 is 0 Å². The van der Waals surface area contributed by atoms with Gasteiger partial charge in [-0.25, -0.2) is 9.07 Å². The van der Waals surface area contributed by atoms with Crippen LogP contribution in [0, 0.1) is 19.7 Å². The van der Waals surface area contributed by atoms with Gasteiger partial charge in [0, 0.05) is 18.0 Å². The van der Waals surface area contributed by atoms with Gasteiger partial charge in [-0.1, -0.05) is 29.8 Å². The molecule has 2 aromatic heterocycles. The number of hydrogen-bond donors (Lipinski definition) is 0. The van der Waals surface area contributed by atoms with Crippen LogP contribution in [0.5, 0.6) is 0 Å². The summed E-state index contributed by atoms with van der Waals surface area (Å²) in [4.78, 5) is 14.6. The standard InChI is InChI=1S/C24H21FN4O/c1-16-9-10-22(17(2)13-16)29-23(27-11-5-6-12-27)19-14-28(15-21(19)26-29)24(30)18-7-3-4-8-20(18)25/h3-13H,14-15H2,1-2H3. The zero-order chi connectivity index (χ0) is 20.8. The smallest absolute Gasteiger partial charge is 0.257 e. The largest absolute Gasteiger partial charge is 0.328 e. The van der Waals surface area contributed by atoms with Crippen molar-refractivity contribution in [1.29, 1.82) is 0 Å². The molecule has 0 N–H and O–H groups in total. The second-order valence-corrected chi connectivity index (χ2v) is 7.68. The van der Waals surface area contributed by atoms with Gasteiger partial charge in [-0.15, -0.1) is 0 Å². The van der Waals surface area contributed by atoms with Gasteiger partial charge in [-0.05, 0) is 49.7 Å². The molecule has 0 bridgehead atoms. The predicted molar refractivity (Wildman–Crippen MR) is 112 cm³/mol. The fourth-order valence-electron chi connectivity index (χ4n) is 4.10. The summed E-state index contributed by atoms with van der Waals surface area (Å²) in [5, 5.41) is 4.86. The highest BCUT2D eigenvalue weighted by Gasteiger charge is 2.32. The van der Waals surface area contributed by atoms with Gasteiger partial charge in [0.15, 0.2) is 0 Å². The molecule has 0 aliphatic carbocycles. The van der Waals surface area contributed by atoms with Crippen LogP contribution in [0.3, 0.4) is 0 Å². The zero-order valence-corrected chi connectivity index (χ0v) is 16.8. The third-order valence-electron chi connectivity index (χ3n) is 5.55. The van der Waals surface area contributed by atoms with E-state index in [1.165, 1.54) is 17.7 Å². The second-order valence-electron chi connectivity index (χ2n) is 7.68. The molecule has 1 aliphatic heterocycles. The van der Waals surface area contributed by atoms with E-state index in [4.69, 9.17) is 5.10 Å². The maximum Gasteiger partial charge on any atom is 0.257 e. The van der Waals surface area contributed by atoms with Crippen molar-refractivity contribution >= 4 is 5.91 Å². The van der Waals surface area contributed by atoms with Gasteiger partial charge >= 0.3 is 0 Å². The van der Waals surface area contributed by atoms with Crippen LogP contribution in [-0.2, 0) is 13.1 Å². The van der Waals surface area contributed by atoms with E-state index in [1.54, 1.807) is 17.0 Å². The molecule has 3 heterocycles. The predicted octanol–water partition coefficient (Wildman–Crippen LogP) is 4.57. The molecular formula is C24H21FN4O. The number of carbonyl (C=O) groups is 1. The summed E-state index contributed by atoms with van der Waals surface area (Å²) < 4.78 is 18.1. The van der Waals surface area contributed by atoms with E-state index in [0.717, 1.165) is 28.3 Å². The van der Waals surface area contributed by atoms with Gasteiger partial charge < -0.3 is 9.47 Å². The van der Waals surface area contributed by atoms with Crippen molar-refractivity contribution < 1.29 is 9.18 Å². The maximum atomic E-state index is 14.1. The van der Waals surface area contributed by atoms with Gasteiger partial charge in [0.1, 0.15) is 11.6 Å². The Morgan fingerprint density at radius 1 is 1.00 bits per heavy atom. The minimum absolute atomic E-state index is 0.0902. The summed E-state index contributed by atoms with van der Waals surface area (Å²) >= 11 is 0. The number of amides is 1. The maximum absolute atomic E-state index is 14.1. The average Bonchev–Trinajstić information content (AvgIpc) is 3.43. The number of nitrogens with zero attached hydrogens (tertiary/aromatic N) is 4. The topological polar surface area (TPSA) is 43.1 Å². The Hall–Kier alpha value is -3.67. The minimum atomic E-state index is -0.502. The SMILES string of the molecule is Cc1ccc(-n2nc3c(c2-n2cccc2)CN(C(=O)c2ccccc2F)C3)c(C)c1. The van der Waals surface area contributed by atoms with Crippen LogP contribution < -0.4 is 0 Å². The number of benzene rings is 2. The first-order chi connectivity index (χ1) is 14.5. The van der Waals surface area contributed by atoms with Crippen molar-refractivity contribution in [3.8, 4) is 11.5 Å². The summed E-state index contributed by atoms with van der Waals surface area (Å²) in [5.74, 6) is 0.0893. The Labute approximate surface area is 174 Å². The average molecular weight is 400 g/mol. The number of rotatable bonds is 3. The fraction of sp³-hybridized carbons (Fsp3) is 0.167. The van der Waals surface area contributed by atoms with Crippen molar-refractivity contribution in [1.82, 2.24) is 19.2 Å². The Morgan fingerprint density at radius 3 is 2.50 bits per heavy atom. The number of halogens is 1. The lowest BCUT2D eigenvalue weighted by Crippen LogP contribution is -2.27. The van der Waals surface area contributed by atoms with Gasteiger partial charge in [0.2, 0.25) is 0 Å². The number of carbonyl (C=O) groups excluding carboxylic acids is 1. The summed E-state index contributed by atoms with van der Waals surface area (Å²) in [6.07, 6.45) is 3.94. The number of hydrogen-bond acceptors (Lipinski definition) is 2. The van der Waals surface area contributed by atoms with E-state index in [2.05, 4.69) is 32.0 Å². The Kier molecular flexibility index (Phi) is 4.28. The van der Waals surface area contributed by atoms with Gasteiger partial charge in [0.25, 0.3) is 5.91 Å². The molecule has 30 heavy (non-hydrogen) atoms. The quantitative estimate of drug-likeness (QED) is 0.505. The van der Waals surface area contributed by atoms with Crippen LogP contribution in [-0.4, -0.2) is 25.2 Å². The molecule has 6 heteroatoms. The van der Waals surface area contributed by atoms with Gasteiger partial charge in [-0.3, -0.25) is 4.79 Å². The molecule has 1 amide bonds. The molecule has 0 radical (unpaired) electrons. The summed E-state index contributed by atoms with van der Waals surface area (Å²) in [5.41, 5.74) is 5.24. The molecule has 4 aromatic rings. The monoisotopic (exact) mass is 400 g/mol. The van der Waals surface area contributed by atoms with E-state index < -0.39 is 5.82 Å². The number of aromatic nitrogens is 3. The van der Waals surface area contributed by atoms with Crippen molar-refractivity contribution in [2.24, 2.45) is 0 Å². The molecule has 0 fully saturated rings. The molecule has 0 spiro atoms.